The summed E-state index contributed by atoms with van der Waals surface area (Å²) in [5.41, 5.74) is 3.89. The van der Waals surface area contributed by atoms with Gasteiger partial charge in [-0.25, -0.2) is 9.52 Å². The third kappa shape index (κ3) is 3.18. The molecule has 6 nitrogen and oxygen atoms in total. The Morgan fingerprint density at radius 3 is 2.61 bits per heavy atom. The van der Waals surface area contributed by atoms with Crippen molar-refractivity contribution in [3.8, 4) is 16.9 Å². The Hall–Kier alpha value is -2.06. The molecule has 122 valence electrons. The number of nitrogens with one attached hydrogen (secondary N) is 1. The van der Waals surface area contributed by atoms with Crippen molar-refractivity contribution < 1.29 is 22.8 Å². The van der Waals surface area contributed by atoms with Crippen LogP contribution < -0.4 is 8.91 Å². The van der Waals surface area contributed by atoms with Crippen LogP contribution in [0.5, 0.6) is 5.75 Å². The summed E-state index contributed by atoms with van der Waals surface area (Å²) in [6.45, 7) is 2.27. The van der Waals surface area contributed by atoms with Gasteiger partial charge in [0.15, 0.2) is 5.75 Å². The second kappa shape index (κ2) is 5.86. The number of carbonyl (C=O) groups is 1. The third-order valence-electron chi connectivity index (χ3n) is 3.58. The van der Waals surface area contributed by atoms with Gasteiger partial charge in [-0.15, -0.1) is 0 Å². The van der Waals surface area contributed by atoms with Crippen LogP contribution in [-0.4, -0.2) is 22.2 Å². The topological polar surface area (TPSA) is 88.0 Å². The molecular weight excluding hydrogens is 318 g/mol. The standard InChI is InChI=1S/C16H17NO5S/c1-10-7-13-9-17-23(19,20)22-15(13)14(8-10)11-3-5-12(6-4-11)16(18)21-2/h3-8,17,19-20H,9H2,1-2H3. The lowest BCUT2D eigenvalue weighted by Gasteiger charge is -2.34. The maximum Gasteiger partial charge on any atom is 0.337 e. The molecule has 0 radical (unpaired) electrons. The van der Waals surface area contributed by atoms with Crippen LogP contribution in [0.1, 0.15) is 21.5 Å². The summed E-state index contributed by atoms with van der Waals surface area (Å²) in [6, 6.07) is 10.7. The molecule has 0 bridgehead atoms. The van der Waals surface area contributed by atoms with Crippen LogP contribution in [0.4, 0.5) is 0 Å². The van der Waals surface area contributed by atoms with Crippen molar-refractivity contribution >= 4 is 17.0 Å². The van der Waals surface area contributed by atoms with Crippen molar-refractivity contribution in [2.24, 2.45) is 0 Å². The maximum atomic E-state index is 11.5. The largest absolute Gasteiger partial charge is 0.465 e. The summed E-state index contributed by atoms with van der Waals surface area (Å²) in [5, 5.41) is 0. The van der Waals surface area contributed by atoms with Gasteiger partial charge >= 0.3 is 5.97 Å². The van der Waals surface area contributed by atoms with Crippen LogP contribution in [-0.2, 0) is 11.3 Å². The Kier molecular flexibility index (Phi) is 4.03. The molecule has 0 spiro atoms. The molecule has 23 heavy (non-hydrogen) atoms. The van der Waals surface area contributed by atoms with E-state index in [1.165, 1.54) is 7.11 Å². The van der Waals surface area contributed by atoms with Crippen LogP contribution in [0.15, 0.2) is 36.4 Å². The van der Waals surface area contributed by atoms with Crippen LogP contribution in [0, 0.1) is 6.92 Å². The predicted octanol–water partition coefficient (Wildman–Crippen LogP) is 3.51. The molecule has 7 heteroatoms. The fourth-order valence-electron chi connectivity index (χ4n) is 2.51. The first-order chi connectivity index (χ1) is 10.9. The number of methoxy groups -OCH3 is 1. The normalized spacial score (nSPS) is 16.9. The Bertz CT molecular complexity index is 758. The van der Waals surface area contributed by atoms with Gasteiger partial charge in [0.05, 0.1) is 12.7 Å². The Morgan fingerprint density at radius 2 is 1.96 bits per heavy atom. The molecule has 0 amide bonds. The van der Waals surface area contributed by atoms with E-state index in [1.807, 2.05) is 19.1 Å². The zero-order valence-electron chi connectivity index (χ0n) is 12.7. The summed E-state index contributed by atoms with van der Waals surface area (Å²) in [5.74, 6) is 0.0395. The zero-order chi connectivity index (χ0) is 16.6. The molecule has 3 rings (SSSR count). The van der Waals surface area contributed by atoms with Crippen molar-refractivity contribution in [3.05, 3.63) is 53.1 Å². The summed E-state index contributed by atoms with van der Waals surface area (Å²) in [7, 11) is 1.33. The number of esters is 1. The van der Waals surface area contributed by atoms with E-state index in [1.54, 1.807) is 24.3 Å². The van der Waals surface area contributed by atoms with Gasteiger partial charge in [0.2, 0.25) is 11.1 Å². The highest BCUT2D eigenvalue weighted by atomic mass is 32.3. The van der Waals surface area contributed by atoms with Crippen LogP contribution in [0.3, 0.4) is 0 Å². The number of fused-ring (bicyclic) bond motifs is 1. The molecule has 1 aliphatic heterocycles. The molecule has 2 aromatic rings. The monoisotopic (exact) mass is 335 g/mol. The van der Waals surface area contributed by atoms with Gasteiger partial charge in [0.1, 0.15) is 0 Å². The summed E-state index contributed by atoms with van der Waals surface area (Å²) < 4.78 is 32.1. The van der Waals surface area contributed by atoms with Crippen LogP contribution in [0.2, 0.25) is 0 Å². The SMILES string of the molecule is COC(=O)c1ccc(-c2cc(C)cc3c2OS(O)(O)NC3)cc1. The van der Waals surface area contributed by atoms with E-state index in [4.69, 9.17) is 4.18 Å². The minimum absolute atomic E-state index is 0.312. The summed E-state index contributed by atoms with van der Waals surface area (Å²) in [4.78, 5) is 11.5. The van der Waals surface area contributed by atoms with Crippen LogP contribution >= 0.6 is 11.1 Å². The molecule has 0 fully saturated rings. The number of benzene rings is 2. The molecule has 1 aliphatic rings. The number of ether oxygens (including phenoxy) is 1. The highest BCUT2D eigenvalue weighted by Gasteiger charge is 2.29. The lowest BCUT2D eigenvalue weighted by molar-refractivity contribution is 0.0600. The van der Waals surface area contributed by atoms with Gasteiger partial charge in [-0.2, -0.15) is 0 Å². The van der Waals surface area contributed by atoms with E-state index in [9.17, 15) is 13.9 Å². The van der Waals surface area contributed by atoms with Gasteiger partial charge in [0.25, 0.3) is 0 Å². The average Bonchev–Trinajstić information content (AvgIpc) is 2.53. The fraction of sp³-hybridized carbons (Fsp3) is 0.188. The number of rotatable bonds is 2. The van der Waals surface area contributed by atoms with Gasteiger partial charge < -0.3 is 8.92 Å². The van der Waals surface area contributed by atoms with Gasteiger partial charge in [-0.1, -0.05) is 18.2 Å². The Labute approximate surface area is 135 Å². The molecule has 0 aliphatic carbocycles. The molecule has 0 saturated carbocycles. The van der Waals surface area contributed by atoms with Crippen molar-refractivity contribution in [2.45, 2.75) is 13.5 Å². The first kappa shape index (κ1) is 15.8. The van der Waals surface area contributed by atoms with E-state index >= 15 is 0 Å². The van der Waals surface area contributed by atoms with E-state index < -0.39 is 17.0 Å². The van der Waals surface area contributed by atoms with Gasteiger partial charge in [0, 0.05) is 17.7 Å². The van der Waals surface area contributed by atoms with Crippen molar-refractivity contribution in [3.63, 3.8) is 0 Å². The molecule has 0 atom stereocenters. The Balaban J connectivity index is 2.06. The van der Waals surface area contributed by atoms with E-state index in [2.05, 4.69) is 9.46 Å². The first-order valence-corrected chi connectivity index (χ1v) is 8.41. The molecule has 1 heterocycles. The summed E-state index contributed by atoms with van der Waals surface area (Å²) >= 11 is -3.29. The molecular formula is C16H17NO5S. The van der Waals surface area contributed by atoms with E-state index in [0.29, 0.717) is 17.9 Å². The van der Waals surface area contributed by atoms with E-state index in [0.717, 1.165) is 22.3 Å². The minimum Gasteiger partial charge on any atom is -0.465 e. The molecule has 0 saturated heterocycles. The number of aryl methyl sites for hydroxylation is 1. The zero-order valence-corrected chi connectivity index (χ0v) is 13.5. The first-order valence-electron chi connectivity index (χ1n) is 6.94. The van der Waals surface area contributed by atoms with Crippen LogP contribution in [0.25, 0.3) is 11.1 Å². The second-order valence-electron chi connectivity index (χ2n) is 5.27. The molecule has 0 unspecified atom stereocenters. The highest BCUT2D eigenvalue weighted by molar-refractivity contribution is 8.18. The average molecular weight is 335 g/mol. The lowest BCUT2D eigenvalue weighted by atomic mass is 9.98. The number of carbonyl (C=O) groups excluding carboxylic acids is 1. The van der Waals surface area contributed by atoms with Gasteiger partial charge in [-0.05, 0) is 36.2 Å². The smallest absolute Gasteiger partial charge is 0.337 e. The maximum absolute atomic E-state index is 11.5. The third-order valence-corrected chi connectivity index (χ3v) is 4.50. The molecule has 3 N–H and O–H groups in total. The number of hydrogen-bond acceptors (Lipinski definition) is 6. The van der Waals surface area contributed by atoms with Crippen molar-refractivity contribution in [2.75, 3.05) is 7.11 Å². The summed E-state index contributed by atoms with van der Waals surface area (Å²) in [6.07, 6.45) is 0. The minimum atomic E-state index is -3.29. The van der Waals surface area contributed by atoms with Crippen molar-refractivity contribution in [1.82, 2.24) is 4.72 Å². The van der Waals surface area contributed by atoms with Crippen molar-refractivity contribution in [1.29, 1.82) is 0 Å². The van der Waals surface area contributed by atoms with E-state index in [-0.39, 0.29) is 0 Å². The Morgan fingerprint density at radius 1 is 1.26 bits per heavy atom. The molecule has 2 aromatic carbocycles. The lowest BCUT2D eigenvalue weighted by Crippen LogP contribution is -2.29. The highest BCUT2D eigenvalue weighted by Crippen LogP contribution is 2.47. The molecule has 0 aromatic heterocycles. The van der Waals surface area contributed by atoms with Gasteiger partial charge in [-0.3, -0.25) is 9.11 Å². The fourth-order valence-corrected chi connectivity index (χ4v) is 3.35. The quantitative estimate of drug-likeness (QED) is 0.728. The number of hydrogen-bond donors (Lipinski definition) is 3. The predicted molar refractivity (Wildman–Crippen MR) is 88.3 cm³/mol. The second-order valence-corrected chi connectivity index (χ2v) is 6.72.